The second-order valence-corrected chi connectivity index (χ2v) is 5.89. The van der Waals surface area contributed by atoms with E-state index in [9.17, 15) is 9.59 Å². The van der Waals surface area contributed by atoms with E-state index < -0.39 is 0 Å². The summed E-state index contributed by atoms with van der Waals surface area (Å²) in [4.78, 5) is 24.3. The van der Waals surface area contributed by atoms with Gasteiger partial charge in [0, 0.05) is 16.1 Å². The van der Waals surface area contributed by atoms with Gasteiger partial charge in [-0.05, 0) is 18.2 Å². The minimum Gasteiger partial charge on any atom is -0.348 e. The van der Waals surface area contributed by atoms with Crippen molar-refractivity contribution in [3.05, 3.63) is 76.8 Å². The second-order valence-electron chi connectivity index (χ2n) is 5.45. The highest BCUT2D eigenvalue weighted by Crippen LogP contribution is 2.23. The van der Waals surface area contributed by atoms with Gasteiger partial charge in [0.05, 0.1) is 18.8 Å². The molecule has 0 aliphatic rings. The summed E-state index contributed by atoms with van der Waals surface area (Å²) in [6.07, 6.45) is 1.48. The average Bonchev–Trinajstić information content (AvgIpc) is 3.14. The predicted molar refractivity (Wildman–Crippen MR) is 97.1 cm³/mol. The summed E-state index contributed by atoms with van der Waals surface area (Å²) in [5, 5.41) is 11.0. The van der Waals surface area contributed by atoms with E-state index >= 15 is 0 Å². The number of nitrogens with one attached hydrogen (secondary N) is 1. The van der Waals surface area contributed by atoms with E-state index in [0.717, 1.165) is 0 Å². The summed E-state index contributed by atoms with van der Waals surface area (Å²) in [5.41, 5.74) is 6.82. The molecular weight excluding hydrogens is 354 g/mol. The number of hydrogen-bond acceptors (Lipinski definition) is 5. The van der Waals surface area contributed by atoms with E-state index in [0.29, 0.717) is 27.7 Å². The molecule has 0 saturated heterocycles. The Hall–Kier alpha value is -3.03. The number of halogens is 1. The Bertz CT molecular complexity index is 940. The molecule has 0 saturated carbocycles. The van der Waals surface area contributed by atoms with Gasteiger partial charge in [0.25, 0.3) is 0 Å². The van der Waals surface area contributed by atoms with E-state index in [-0.39, 0.29) is 24.8 Å². The van der Waals surface area contributed by atoms with Gasteiger partial charge < -0.3 is 11.1 Å². The van der Waals surface area contributed by atoms with Crippen LogP contribution in [0.2, 0.25) is 5.02 Å². The smallest absolute Gasteiger partial charge is 0.234 e. The van der Waals surface area contributed by atoms with Crippen molar-refractivity contribution in [1.29, 1.82) is 0 Å². The highest BCUT2D eigenvalue weighted by atomic mass is 35.5. The van der Waals surface area contributed by atoms with Crippen molar-refractivity contribution in [2.75, 3.05) is 6.54 Å². The van der Waals surface area contributed by atoms with E-state index in [2.05, 4.69) is 15.5 Å². The number of rotatable bonds is 6. The monoisotopic (exact) mass is 369 g/mol. The van der Waals surface area contributed by atoms with E-state index in [1.807, 2.05) is 6.07 Å². The molecule has 0 atom stereocenters. The fourth-order valence-electron chi connectivity index (χ4n) is 2.48. The largest absolute Gasteiger partial charge is 0.348 e. The van der Waals surface area contributed by atoms with Gasteiger partial charge in [-0.1, -0.05) is 41.9 Å². The summed E-state index contributed by atoms with van der Waals surface area (Å²) >= 11 is 6.11. The van der Waals surface area contributed by atoms with Crippen molar-refractivity contribution < 1.29 is 9.59 Å². The van der Waals surface area contributed by atoms with Crippen molar-refractivity contribution in [2.24, 2.45) is 5.73 Å². The van der Waals surface area contributed by atoms with Crippen molar-refractivity contribution in [3.8, 4) is 5.69 Å². The van der Waals surface area contributed by atoms with Gasteiger partial charge in [-0.15, -0.1) is 10.2 Å². The van der Waals surface area contributed by atoms with Gasteiger partial charge >= 0.3 is 0 Å². The van der Waals surface area contributed by atoms with Crippen LogP contribution < -0.4 is 11.1 Å². The molecule has 3 N–H and O–H groups in total. The third kappa shape index (κ3) is 3.79. The van der Waals surface area contributed by atoms with Crippen LogP contribution in [0.15, 0.2) is 54.9 Å². The van der Waals surface area contributed by atoms with Crippen molar-refractivity contribution >= 4 is 23.3 Å². The normalized spacial score (nSPS) is 10.5. The van der Waals surface area contributed by atoms with Gasteiger partial charge in [0.15, 0.2) is 11.6 Å². The number of nitrogens with two attached hydrogens (primary N) is 1. The van der Waals surface area contributed by atoms with Crippen LogP contribution in [0.3, 0.4) is 0 Å². The van der Waals surface area contributed by atoms with Crippen molar-refractivity contribution in [3.63, 3.8) is 0 Å². The number of carbonyl (C=O) groups is 2. The lowest BCUT2D eigenvalue weighted by atomic mass is 10.0. The van der Waals surface area contributed by atoms with Gasteiger partial charge in [0.2, 0.25) is 5.91 Å². The zero-order chi connectivity index (χ0) is 18.5. The lowest BCUT2D eigenvalue weighted by Gasteiger charge is -2.12. The minimum absolute atomic E-state index is 0.118. The minimum atomic E-state index is -0.309. The predicted octanol–water partition coefficient (Wildman–Crippen LogP) is 1.73. The molecule has 0 spiro atoms. The van der Waals surface area contributed by atoms with Crippen molar-refractivity contribution in [1.82, 2.24) is 20.1 Å². The van der Waals surface area contributed by atoms with Crippen LogP contribution in [0, 0.1) is 0 Å². The summed E-state index contributed by atoms with van der Waals surface area (Å²) in [5.74, 6) is -0.0128. The number of aromatic nitrogens is 3. The molecule has 2 aromatic carbocycles. The average molecular weight is 370 g/mol. The summed E-state index contributed by atoms with van der Waals surface area (Å²) in [6.45, 7) is 0.0183. The molecule has 1 amide bonds. The highest BCUT2D eigenvalue weighted by molar-refractivity contribution is 6.31. The van der Waals surface area contributed by atoms with Crippen LogP contribution >= 0.6 is 11.6 Å². The van der Waals surface area contributed by atoms with Gasteiger partial charge in [-0.3, -0.25) is 14.2 Å². The Balaban J connectivity index is 2.01. The lowest BCUT2D eigenvalue weighted by Crippen LogP contribution is -2.30. The number of amides is 1. The van der Waals surface area contributed by atoms with Crippen LogP contribution in [0.4, 0.5) is 0 Å². The molecule has 132 valence electrons. The molecular formula is C18H16ClN5O2. The summed E-state index contributed by atoms with van der Waals surface area (Å²) < 4.78 is 1.64. The van der Waals surface area contributed by atoms with Crippen LogP contribution in [-0.2, 0) is 11.3 Å². The fraction of sp³-hybridized carbons (Fsp3) is 0.111. The fourth-order valence-corrected chi connectivity index (χ4v) is 2.65. The van der Waals surface area contributed by atoms with Gasteiger partial charge in [0.1, 0.15) is 6.33 Å². The molecule has 0 unspecified atom stereocenters. The molecule has 0 fully saturated rings. The molecule has 1 aromatic heterocycles. The quantitative estimate of drug-likeness (QED) is 0.644. The molecule has 26 heavy (non-hydrogen) atoms. The highest BCUT2D eigenvalue weighted by Gasteiger charge is 2.18. The van der Waals surface area contributed by atoms with E-state index in [1.54, 1.807) is 47.0 Å². The van der Waals surface area contributed by atoms with Gasteiger partial charge in [-0.2, -0.15) is 0 Å². The van der Waals surface area contributed by atoms with Crippen LogP contribution in [0.25, 0.3) is 5.69 Å². The number of hydrogen-bond donors (Lipinski definition) is 2. The maximum atomic E-state index is 12.9. The van der Waals surface area contributed by atoms with Crippen LogP contribution in [-0.4, -0.2) is 33.0 Å². The SMILES string of the molecule is NCC(=O)NCc1nncn1-c1ccc(Cl)cc1C(=O)c1ccccc1. The number of carbonyl (C=O) groups excluding carboxylic acids is 2. The first-order chi connectivity index (χ1) is 12.6. The maximum Gasteiger partial charge on any atom is 0.234 e. The Morgan fingerprint density at radius 2 is 1.92 bits per heavy atom. The van der Waals surface area contributed by atoms with Gasteiger partial charge in [-0.25, -0.2) is 0 Å². The molecule has 1 heterocycles. The van der Waals surface area contributed by atoms with E-state index in [1.165, 1.54) is 6.33 Å². The van der Waals surface area contributed by atoms with Crippen LogP contribution in [0.1, 0.15) is 21.7 Å². The zero-order valence-electron chi connectivity index (χ0n) is 13.7. The van der Waals surface area contributed by atoms with E-state index in [4.69, 9.17) is 17.3 Å². The van der Waals surface area contributed by atoms with Crippen molar-refractivity contribution in [2.45, 2.75) is 6.54 Å². The number of nitrogens with zero attached hydrogens (tertiary/aromatic N) is 3. The van der Waals surface area contributed by atoms with Crippen LogP contribution in [0.5, 0.6) is 0 Å². The Morgan fingerprint density at radius 3 is 2.65 bits per heavy atom. The third-order valence-corrected chi connectivity index (χ3v) is 3.98. The number of benzene rings is 2. The topological polar surface area (TPSA) is 103 Å². The first-order valence-electron chi connectivity index (χ1n) is 7.85. The molecule has 0 aliphatic heterocycles. The Labute approximate surface area is 154 Å². The first kappa shape index (κ1) is 17.8. The summed E-state index contributed by atoms with van der Waals surface area (Å²) in [6, 6.07) is 13.9. The lowest BCUT2D eigenvalue weighted by molar-refractivity contribution is -0.119. The molecule has 0 aliphatic carbocycles. The Morgan fingerprint density at radius 1 is 1.15 bits per heavy atom. The number of ketones is 1. The third-order valence-electron chi connectivity index (χ3n) is 3.75. The first-order valence-corrected chi connectivity index (χ1v) is 8.23. The maximum absolute atomic E-state index is 12.9. The molecule has 3 rings (SSSR count). The molecule has 8 heteroatoms. The molecule has 7 nitrogen and oxygen atoms in total. The molecule has 0 bridgehead atoms. The standard InChI is InChI=1S/C18H16ClN5O2/c19-13-6-7-15(14(8-13)18(26)12-4-2-1-3-5-12)24-11-22-23-16(24)10-21-17(25)9-20/h1-8,11H,9-10,20H2,(H,21,25). The second kappa shape index (κ2) is 7.90. The zero-order valence-corrected chi connectivity index (χ0v) is 14.5. The molecule has 0 radical (unpaired) electrons. The summed E-state index contributed by atoms with van der Waals surface area (Å²) in [7, 11) is 0. The molecule has 3 aromatic rings. The Kier molecular flexibility index (Phi) is 5.40.